The van der Waals surface area contributed by atoms with Crippen molar-refractivity contribution < 1.29 is 22.6 Å². The molecule has 0 bridgehead atoms. The van der Waals surface area contributed by atoms with Crippen molar-refractivity contribution >= 4 is 37.7 Å². The second-order valence-corrected chi connectivity index (χ2v) is 10.8. The fourth-order valence-electron chi connectivity index (χ4n) is 4.31. The van der Waals surface area contributed by atoms with Crippen molar-refractivity contribution in [3.05, 3.63) is 69.8 Å². The lowest BCUT2D eigenvalue weighted by atomic mass is 10.0. The monoisotopic (exact) mass is 532 g/mol. The van der Waals surface area contributed by atoms with Gasteiger partial charge in [0.1, 0.15) is 12.3 Å². The van der Waals surface area contributed by atoms with E-state index in [-0.39, 0.29) is 36.5 Å². The first-order chi connectivity index (χ1) is 15.9. The zero-order valence-electron chi connectivity index (χ0n) is 17.6. The average Bonchev–Trinajstić information content (AvgIpc) is 3.29. The topological polar surface area (TPSA) is 106 Å². The number of hydrogen-bond donors (Lipinski definition) is 0. The molecule has 11 heteroatoms. The maximum absolute atomic E-state index is 13.3. The maximum Gasteiger partial charge on any atom is 0.414 e. The third kappa shape index (κ3) is 4.28. The number of hydrogen-bond acceptors (Lipinski definition) is 7. The number of cyclic esters (lactones) is 1. The molecule has 2 aliphatic rings. The molecule has 2 aliphatic heterocycles. The molecule has 0 aliphatic carbocycles. The van der Waals surface area contributed by atoms with Gasteiger partial charge in [-0.3, -0.25) is 4.90 Å². The van der Waals surface area contributed by atoms with Gasteiger partial charge in [-0.25, -0.2) is 17.8 Å². The molecule has 0 unspecified atom stereocenters. The number of nitrogens with zero attached hydrogens (tertiary/aromatic N) is 4. The van der Waals surface area contributed by atoms with Gasteiger partial charge in [-0.05, 0) is 41.8 Å². The molecule has 9 nitrogen and oxygen atoms in total. The highest BCUT2D eigenvalue weighted by Crippen LogP contribution is 2.34. The minimum absolute atomic E-state index is 0.155. The second kappa shape index (κ2) is 8.88. The van der Waals surface area contributed by atoms with E-state index in [1.54, 1.807) is 4.90 Å². The highest BCUT2D eigenvalue weighted by molar-refractivity contribution is 9.10. The Morgan fingerprint density at radius 1 is 1.06 bits per heavy atom. The van der Waals surface area contributed by atoms with E-state index in [1.807, 2.05) is 48.5 Å². The lowest BCUT2D eigenvalue weighted by Crippen LogP contribution is -2.50. The Bertz CT molecular complexity index is 1270. The Kier molecular flexibility index (Phi) is 5.94. The molecule has 5 rings (SSSR count). The van der Waals surface area contributed by atoms with E-state index in [2.05, 4.69) is 26.2 Å². The van der Waals surface area contributed by atoms with Crippen LogP contribution in [0, 0.1) is 0 Å². The quantitative estimate of drug-likeness (QED) is 0.492. The number of rotatable bonds is 5. The molecule has 0 N–H and O–H groups in total. The number of carbonyl (C=O) groups is 1. The Balaban J connectivity index is 1.32. The van der Waals surface area contributed by atoms with Crippen LogP contribution >= 0.6 is 15.9 Å². The number of halogens is 1. The molecule has 3 aromatic rings. The van der Waals surface area contributed by atoms with Crippen LogP contribution in [0.25, 0.3) is 0 Å². The molecule has 172 valence electrons. The van der Waals surface area contributed by atoms with Crippen molar-refractivity contribution in [2.45, 2.75) is 36.9 Å². The van der Waals surface area contributed by atoms with Crippen molar-refractivity contribution in [1.29, 1.82) is 0 Å². The molecule has 0 atom stereocenters. The number of piperidine rings is 1. The molecule has 0 radical (unpaired) electrons. The minimum Gasteiger partial charge on any atom is -0.444 e. The minimum atomic E-state index is -3.88. The Morgan fingerprint density at radius 3 is 2.58 bits per heavy atom. The summed E-state index contributed by atoms with van der Waals surface area (Å²) in [6, 6.07) is 15.0. The number of aromatic nitrogens is 2. The highest BCUT2D eigenvalue weighted by Gasteiger charge is 2.39. The fraction of sp³-hybridized carbons (Fsp3) is 0.318. The van der Waals surface area contributed by atoms with E-state index in [9.17, 15) is 13.2 Å². The van der Waals surface area contributed by atoms with Gasteiger partial charge in [-0.1, -0.05) is 51.4 Å². The van der Waals surface area contributed by atoms with Crippen LogP contribution in [0.15, 0.2) is 62.7 Å². The van der Waals surface area contributed by atoms with Gasteiger partial charge in [0.15, 0.2) is 0 Å². The van der Waals surface area contributed by atoms with Crippen LogP contribution in [0.3, 0.4) is 0 Å². The van der Waals surface area contributed by atoms with E-state index >= 15 is 0 Å². The van der Waals surface area contributed by atoms with Gasteiger partial charge in [0, 0.05) is 35.6 Å². The van der Waals surface area contributed by atoms with Crippen molar-refractivity contribution in [2.75, 3.05) is 18.0 Å². The molecule has 33 heavy (non-hydrogen) atoms. The Hall–Kier alpha value is -2.76. The SMILES string of the molecule is O=C1OCc2cc(Br)ccc2N1C1CCN(S(=O)(=O)c2nonc2Cc2ccccc2)CC1. The zero-order valence-corrected chi connectivity index (χ0v) is 20.0. The number of fused-ring (bicyclic) bond motifs is 1. The lowest BCUT2D eigenvalue weighted by molar-refractivity contribution is 0.135. The molecule has 1 aromatic heterocycles. The molecule has 3 heterocycles. The first kappa shape index (κ1) is 22.1. The van der Waals surface area contributed by atoms with Crippen LogP contribution < -0.4 is 4.90 Å². The van der Waals surface area contributed by atoms with Crippen molar-refractivity contribution in [1.82, 2.24) is 14.6 Å². The van der Waals surface area contributed by atoms with Crippen LogP contribution in [0.2, 0.25) is 0 Å². The molecule has 1 saturated heterocycles. The van der Waals surface area contributed by atoms with Gasteiger partial charge in [0.05, 0.1) is 5.69 Å². The summed E-state index contributed by atoms with van der Waals surface area (Å²) in [6.07, 6.45) is 0.852. The van der Waals surface area contributed by atoms with Crippen LogP contribution in [0.4, 0.5) is 10.5 Å². The van der Waals surface area contributed by atoms with Gasteiger partial charge < -0.3 is 4.74 Å². The van der Waals surface area contributed by atoms with Gasteiger partial charge >= 0.3 is 6.09 Å². The van der Waals surface area contributed by atoms with Crippen LogP contribution in [0.1, 0.15) is 29.7 Å². The number of amides is 1. The Morgan fingerprint density at radius 2 is 1.82 bits per heavy atom. The maximum atomic E-state index is 13.3. The van der Waals surface area contributed by atoms with Crippen LogP contribution in [-0.4, -0.2) is 48.3 Å². The number of sulfonamides is 1. The van der Waals surface area contributed by atoms with E-state index in [0.717, 1.165) is 21.3 Å². The number of anilines is 1. The summed E-state index contributed by atoms with van der Waals surface area (Å²) in [5.74, 6) is 0. The van der Waals surface area contributed by atoms with Crippen molar-refractivity contribution in [2.24, 2.45) is 0 Å². The summed E-state index contributed by atoms with van der Waals surface area (Å²) in [5.41, 5.74) is 2.92. The normalized spacial score (nSPS) is 17.6. The second-order valence-electron chi connectivity index (χ2n) is 8.01. The summed E-state index contributed by atoms with van der Waals surface area (Å²) in [5, 5.41) is 7.40. The highest BCUT2D eigenvalue weighted by atomic mass is 79.9. The molecule has 2 aromatic carbocycles. The lowest BCUT2D eigenvalue weighted by Gasteiger charge is -2.39. The fourth-order valence-corrected chi connectivity index (χ4v) is 6.19. The number of carbonyl (C=O) groups excluding carboxylic acids is 1. The largest absolute Gasteiger partial charge is 0.444 e. The smallest absolute Gasteiger partial charge is 0.414 e. The van der Waals surface area contributed by atoms with E-state index in [1.165, 1.54) is 4.31 Å². The predicted molar refractivity (Wildman–Crippen MR) is 122 cm³/mol. The number of ether oxygens (including phenoxy) is 1. The Labute approximate surface area is 199 Å². The van der Waals surface area contributed by atoms with Crippen LogP contribution in [0.5, 0.6) is 0 Å². The zero-order chi connectivity index (χ0) is 23.0. The summed E-state index contributed by atoms with van der Waals surface area (Å²) in [4.78, 5) is 14.2. The standard InChI is InChI=1S/C22H21BrN4O5S/c23-17-6-7-20-16(13-17)14-31-22(28)27(20)18-8-10-26(11-9-18)33(29,30)21-19(24-32-25-21)12-15-4-2-1-3-5-15/h1-7,13,18H,8-12,14H2. The molecule has 1 fully saturated rings. The van der Waals surface area contributed by atoms with E-state index < -0.39 is 16.1 Å². The first-order valence-corrected chi connectivity index (χ1v) is 12.8. The molecular formula is C22H21BrN4O5S. The summed E-state index contributed by atoms with van der Waals surface area (Å²) in [6.45, 7) is 0.723. The summed E-state index contributed by atoms with van der Waals surface area (Å²) >= 11 is 3.45. The summed E-state index contributed by atoms with van der Waals surface area (Å²) < 4.78 is 39.0. The summed E-state index contributed by atoms with van der Waals surface area (Å²) in [7, 11) is -3.88. The molecule has 1 amide bonds. The van der Waals surface area contributed by atoms with Crippen LogP contribution in [-0.2, 0) is 27.8 Å². The first-order valence-electron chi connectivity index (χ1n) is 10.5. The van der Waals surface area contributed by atoms with E-state index in [4.69, 9.17) is 9.37 Å². The molecule has 0 spiro atoms. The van der Waals surface area contributed by atoms with Crippen molar-refractivity contribution in [3.63, 3.8) is 0 Å². The number of benzene rings is 2. The predicted octanol–water partition coefficient (Wildman–Crippen LogP) is 3.73. The molecular weight excluding hydrogens is 512 g/mol. The van der Waals surface area contributed by atoms with Gasteiger partial charge in [-0.15, -0.1) is 0 Å². The molecule has 0 saturated carbocycles. The van der Waals surface area contributed by atoms with E-state index in [0.29, 0.717) is 19.3 Å². The van der Waals surface area contributed by atoms with Gasteiger partial charge in [0.25, 0.3) is 10.0 Å². The third-order valence-corrected chi connectivity index (χ3v) is 8.29. The van der Waals surface area contributed by atoms with Crippen molar-refractivity contribution in [3.8, 4) is 0 Å². The average molecular weight is 533 g/mol. The third-order valence-electron chi connectivity index (χ3n) is 5.96. The van der Waals surface area contributed by atoms with Gasteiger partial charge in [0.2, 0.25) is 5.03 Å². The van der Waals surface area contributed by atoms with Gasteiger partial charge in [-0.2, -0.15) is 4.31 Å².